The van der Waals surface area contributed by atoms with Crippen molar-refractivity contribution in [1.82, 2.24) is 0 Å². The van der Waals surface area contributed by atoms with Gasteiger partial charge < -0.3 is 20.1 Å². The molecule has 8 nitrogen and oxygen atoms in total. The van der Waals surface area contributed by atoms with Gasteiger partial charge in [-0.3, -0.25) is 19.2 Å². The Morgan fingerprint density at radius 3 is 1.50 bits per heavy atom. The third-order valence-corrected chi connectivity index (χ3v) is 4.82. The average Bonchev–Trinajstić information content (AvgIpc) is 2.76. The van der Waals surface area contributed by atoms with Crippen LogP contribution in [0.2, 0.25) is 0 Å². The summed E-state index contributed by atoms with van der Waals surface area (Å²) in [5.41, 5.74) is 2.13. The van der Waals surface area contributed by atoms with E-state index < -0.39 is 0 Å². The number of benzene rings is 2. The van der Waals surface area contributed by atoms with Crippen LogP contribution in [0.5, 0.6) is 0 Å². The Bertz CT molecular complexity index is 933. The third kappa shape index (κ3) is 4.17. The van der Waals surface area contributed by atoms with Crippen molar-refractivity contribution >= 4 is 34.9 Å². The Hall–Kier alpha value is -3.68. The highest BCUT2D eigenvalue weighted by Crippen LogP contribution is 2.35. The van der Waals surface area contributed by atoms with Crippen molar-refractivity contribution in [2.24, 2.45) is 0 Å². The Kier molecular flexibility index (Phi) is 6.46. The molecule has 0 bridgehead atoms. The number of hydrogen-bond acceptors (Lipinski definition) is 8. The first-order valence-corrected chi connectivity index (χ1v) is 9.44. The Labute approximate surface area is 173 Å². The topological polar surface area (TPSA) is 111 Å². The molecule has 0 spiro atoms. The lowest BCUT2D eigenvalue weighted by Crippen LogP contribution is -2.24. The van der Waals surface area contributed by atoms with Crippen LogP contribution in [-0.4, -0.2) is 50.8 Å². The quantitative estimate of drug-likeness (QED) is 0.545. The molecule has 30 heavy (non-hydrogen) atoms. The molecular formula is C22H22N2O6. The van der Waals surface area contributed by atoms with Crippen LogP contribution in [0.15, 0.2) is 36.4 Å². The zero-order valence-corrected chi connectivity index (χ0v) is 16.7. The van der Waals surface area contributed by atoms with Gasteiger partial charge in [-0.25, -0.2) is 0 Å². The minimum absolute atomic E-state index is 0.132. The fourth-order valence-corrected chi connectivity index (χ4v) is 3.34. The molecule has 0 atom stereocenters. The van der Waals surface area contributed by atoms with Crippen molar-refractivity contribution in [2.45, 2.75) is 12.8 Å². The maximum absolute atomic E-state index is 13.2. The lowest BCUT2D eigenvalue weighted by atomic mass is 9.82. The molecule has 0 fully saturated rings. The van der Waals surface area contributed by atoms with Crippen molar-refractivity contribution < 1.29 is 28.7 Å². The molecular weight excluding hydrogens is 388 g/mol. The van der Waals surface area contributed by atoms with Crippen LogP contribution in [0.4, 0.5) is 11.4 Å². The minimum Gasteiger partial charge on any atom is -0.469 e. The largest absolute Gasteiger partial charge is 0.469 e. The molecule has 156 valence electrons. The smallest absolute Gasteiger partial charge is 0.307 e. The maximum atomic E-state index is 13.2. The van der Waals surface area contributed by atoms with Crippen LogP contribution in [0.25, 0.3) is 0 Å². The molecule has 0 saturated heterocycles. The number of anilines is 2. The van der Waals surface area contributed by atoms with Gasteiger partial charge in [-0.1, -0.05) is 24.3 Å². The molecule has 0 radical (unpaired) electrons. The van der Waals surface area contributed by atoms with Crippen molar-refractivity contribution in [3.05, 3.63) is 58.7 Å². The molecule has 0 aliphatic heterocycles. The summed E-state index contributed by atoms with van der Waals surface area (Å²) in [5.74, 6) is -1.31. The summed E-state index contributed by atoms with van der Waals surface area (Å²) >= 11 is 0. The van der Waals surface area contributed by atoms with E-state index in [1.807, 2.05) is 0 Å². The zero-order valence-electron chi connectivity index (χ0n) is 16.7. The SMILES string of the molecule is COC(=O)CCNc1cccc2c1C(=O)c1cccc(NCCC(=O)OC)c1C2=O. The van der Waals surface area contributed by atoms with Crippen LogP contribution in [0.1, 0.15) is 44.7 Å². The van der Waals surface area contributed by atoms with E-state index in [4.69, 9.17) is 0 Å². The van der Waals surface area contributed by atoms with E-state index in [2.05, 4.69) is 20.1 Å². The molecule has 1 aliphatic rings. The monoisotopic (exact) mass is 410 g/mol. The van der Waals surface area contributed by atoms with E-state index in [1.54, 1.807) is 36.4 Å². The number of carbonyl (C=O) groups is 4. The molecule has 8 heteroatoms. The number of esters is 2. The summed E-state index contributed by atoms with van der Waals surface area (Å²) < 4.78 is 9.23. The van der Waals surface area contributed by atoms with Crippen LogP contribution in [0.3, 0.4) is 0 Å². The van der Waals surface area contributed by atoms with E-state index in [1.165, 1.54) is 14.2 Å². The number of ketones is 2. The van der Waals surface area contributed by atoms with Crippen molar-refractivity contribution in [2.75, 3.05) is 37.9 Å². The number of fused-ring (bicyclic) bond motifs is 2. The number of nitrogens with one attached hydrogen (secondary N) is 2. The van der Waals surface area contributed by atoms with Crippen molar-refractivity contribution in [3.8, 4) is 0 Å². The summed E-state index contributed by atoms with van der Waals surface area (Å²) in [5, 5.41) is 6.09. The van der Waals surface area contributed by atoms with E-state index in [0.717, 1.165) is 0 Å². The molecule has 0 saturated carbocycles. The first-order valence-electron chi connectivity index (χ1n) is 9.44. The third-order valence-electron chi connectivity index (χ3n) is 4.82. The molecule has 0 aromatic heterocycles. The molecule has 2 N–H and O–H groups in total. The summed E-state index contributed by atoms with van der Waals surface area (Å²) in [6, 6.07) is 9.98. The molecule has 2 aromatic carbocycles. The van der Waals surface area contributed by atoms with Gasteiger partial charge in [0, 0.05) is 35.6 Å². The molecule has 0 heterocycles. The van der Waals surface area contributed by atoms with Gasteiger partial charge in [0.05, 0.1) is 38.2 Å². The Balaban J connectivity index is 1.89. The van der Waals surface area contributed by atoms with Crippen LogP contribution >= 0.6 is 0 Å². The average molecular weight is 410 g/mol. The molecule has 2 aromatic rings. The van der Waals surface area contributed by atoms with E-state index in [9.17, 15) is 19.2 Å². The van der Waals surface area contributed by atoms with Crippen molar-refractivity contribution in [3.63, 3.8) is 0 Å². The standard InChI is InChI=1S/C22H22N2O6/c1-29-17(25)9-11-23-15-7-3-5-13-19(15)21(27)14-6-4-8-16(20(14)22(13)28)24-12-10-18(26)30-2/h3-8,23-24H,9-12H2,1-2H3. The molecule has 0 amide bonds. The normalized spacial score (nSPS) is 11.9. The van der Waals surface area contributed by atoms with Gasteiger partial charge in [0.15, 0.2) is 11.6 Å². The van der Waals surface area contributed by atoms with Gasteiger partial charge in [0.1, 0.15) is 0 Å². The van der Waals surface area contributed by atoms with Gasteiger partial charge in [0.2, 0.25) is 0 Å². The first kappa shape index (κ1) is 21.0. The van der Waals surface area contributed by atoms with E-state index in [-0.39, 0.29) is 71.7 Å². The van der Waals surface area contributed by atoms with Gasteiger partial charge in [-0.05, 0) is 12.1 Å². The van der Waals surface area contributed by atoms with Gasteiger partial charge in [-0.15, -0.1) is 0 Å². The summed E-state index contributed by atoms with van der Waals surface area (Å²) in [7, 11) is 2.62. The number of ether oxygens (including phenoxy) is 2. The van der Waals surface area contributed by atoms with Crippen LogP contribution < -0.4 is 10.6 Å². The fraction of sp³-hybridized carbons (Fsp3) is 0.273. The number of carbonyl (C=O) groups excluding carboxylic acids is 4. The van der Waals surface area contributed by atoms with Gasteiger partial charge in [-0.2, -0.15) is 0 Å². The fourth-order valence-electron chi connectivity index (χ4n) is 3.34. The second-order valence-corrected chi connectivity index (χ2v) is 6.62. The molecule has 3 rings (SSSR count). The second kappa shape index (κ2) is 9.21. The second-order valence-electron chi connectivity index (χ2n) is 6.62. The van der Waals surface area contributed by atoms with Gasteiger partial charge in [0.25, 0.3) is 0 Å². The summed E-state index contributed by atoms with van der Waals surface area (Å²) in [4.78, 5) is 49.1. The summed E-state index contributed by atoms with van der Waals surface area (Å²) in [6.45, 7) is 0.541. The van der Waals surface area contributed by atoms with Gasteiger partial charge >= 0.3 is 11.9 Å². The van der Waals surface area contributed by atoms with Crippen LogP contribution in [0, 0.1) is 0 Å². The predicted molar refractivity (Wildman–Crippen MR) is 110 cm³/mol. The highest BCUT2D eigenvalue weighted by Gasteiger charge is 2.33. The summed E-state index contributed by atoms with van der Waals surface area (Å²) in [6.07, 6.45) is 0.264. The Morgan fingerprint density at radius 1 is 0.733 bits per heavy atom. The van der Waals surface area contributed by atoms with E-state index >= 15 is 0 Å². The highest BCUT2D eigenvalue weighted by molar-refractivity contribution is 6.31. The molecule has 1 aliphatic carbocycles. The van der Waals surface area contributed by atoms with Crippen LogP contribution in [-0.2, 0) is 19.1 Å². The number of rotatable bonds is 8. The minimum atomic E-state index is -0.372. The predicted octanol–water partition coefficient (Wildman–Crippen LogP) is 2.41. The van der Waals surface area contributed by atoms with E-state index in [0.29, 0.717) is 11.4 Å². The number of hydrogen-bond donors (Lipinski definition) is 2. The lowest BCUT2D eigenvalue weighted by molar-refractivity contribution is -0.141. The van der Waals surface area contributed by atoms with Crippen molar-refractivity contribution in [1.29, 1.82) is 0 Å². The number of methoxy groups -OCH3 is 2. The molecule has 0 unspecified atom stereocenters. The highest BCUT2D eigenvalue weighted by atomic mass is 16.5. The Morgan fingerprint density at radius 2 is 1.13 bits per heavy atom. The maximum Gasteiger partial charge on any atom is 0.307 e. The first-order chi connectivity index (χ1) is 14.5. The zero-order chi connectivity index (χ0) is 21.7. The lowest BCUT2D eigenvalue weighted by Gasteiger charge is -2.23.